The third kappa shape index (κ3) is 2.97. The molecule has 1 aromatic rings. The van der Waals surface area contributed by atoms with E-state index in [4.69, 9.17) is 11.5 Å². The Hall–Kier alpha value is -1.10. The number of benzene rings is 1. The maximum atomic E-state index is 5.90. The molecular weight excluding hydrogens is 212 g/mol. The zero-order valence-corrected chi connectivity index (χ0v) is 10.5. The average Bonchev–Trinajstić information content (AvgIpc) is 2.39. The lowest BCUT2D eigenvalue weighted by molar-refractivity contribution is 0.313. The van der Waals surface area contributed by atoms with Crippen molar-refractivity contribution in [1.82, 2.24) is 4.90 Å². The fourth-order valence-electron chi connectivity index (χ4n) is 2.13. The quantitative estimate of drug-likeness (QED) is 0.794. The van der Waals surface area contributed by atoms with Crippen molar-refractivity contribution in [3.05, 3.63) is 29.8 Å². The first kappa shape index (κ1) is 12.4. The van der Waals surface area contributed by atoms with Gasteiger partial charge in [-0.3, -0.25) is 0 Å². The summed E-state index contributed by atoms with van der Waals surface area (Å²) in [5.41, 5.74) is 13.9. The van der Waals surface area contributed by atoms with Crippen molar-refractivity contribution >= 4 is 5.69 Å². The van der Waals surface area contributed by atoms with E-state index in [0.717, 1.165) is 31.7 Å². The summed E-state index contributed by atoms with van der Waals surface area (Å²) < 4.78 is 0. The van der Waals surface area contributed by atoms with E-state index >= 15 is 0 Å². The first-order chi connectivity index (χ1) is 8.20. The van der Waals surface area contributed by atoms with Gasteiger partial charge in [-0.05, 0) is 24.7 Å². The molecule has 4 nitrogen and oxygen atoms in total. The number of hydrogen-bond donors (Lipinski definition) is 2. The van der Waals surface area contributed by atoms with Crippen LogP contribution in [0.4, 0.5) is 5.69 Å². The van der Waals surface area contributed by atoms with E-state index in [-0.39, 0.29) is 6.04 Å². The molecule has 4 heteroatoms. The van der Waals surface area contributed by atoms with Gasteiger partial charge in [-0.15, -0.1) is 0 Å². The molecule has 0 amide bonds. The minimum absolute atomic E-state index is 0.0449. The Bertz CT molecular complexity index is 341. The molecule has 0 aliphatic carbocycles. The number of piperazine rings is 1. The van der Waals surface area contributed by atoms with Gasteiger partial charge in [0.05, 0.1) is 0 Å². The molecule has 1 fully saturated rings. The van der Waals surface area contributed by atoms with Crippen LogP contribution in [0, 0.1) is 0 Å². The van der Waals surface area contributed by atoms with Crippen LogP contribution in [-0.2, 0) is 0 Å². The van der Waals surface area contributed by atoms with Gasteiger partial charge in [0.1, 0.15) is 0 Å². The summed E-state index contributed by atoms with van der Waals surface area (Å²) >= 11 is 0. The second-order valence-corrected chi connectivity index (χ2v) is 4.72. The summed E-state index contributed by atoms with van der Waals surface area (Å²) in [4.78, 5) is 4.77. The molecule has 2 rings (SSSR count). The minimum Gasteiger partial charge on any atom is -0.369 e. The molecule has 1 atom stereocenters. The van der Waals surface area contributed by atoms with E-state index in [2.05, 4.69) is 41.1 Å². The van der Waals surface area contributed by atoms with Crippen LogP contribution in [0.5, 0.6) is 0 Å². The molecule has 17 heavy (non-hydrogen) atoms. The zero-order chi connectivity index (χ0) is 12.3. The molecule has 0 radical (unpaired) electrons. The maximum Gasteiger partial charge on any atom is 0.0419 e. The molecule has 94 valence electrons. The Morgan fingerprint density at radius 3 is 2.24 bits per heavy atom. The second kappa shape index (κ2) is 5.49. The highest BCUT2D eigenvalue weighted by Crippen LogP contribution is 2.19. The fourth-order valence-corrected chi connectivity index (χ4v) is 2.13. The summed E-state index contributed by atoms with van der Waals surface area (Å²) in [6.45, 7) is 4.94. The van der Waals surface area contributed by atoms with E-state index in [0.29, 0.717) is 6.54 Å². The van der Waals surface area contributed by atoms with Crippen LogP contribution in [0.3, 0.4) is 0 Å². The van der Waals surface area contributed by atoms with E-state index in [1.807, 2.05) is 0 Å². The molecule has 1 aromatic carbocycles. The first-order valence-corrected chi connectivity index (χ1v) is 6.20. The number of hydrogen-bond acceptors (Lipinski definition) is 4. The van der Waals surface area contributed by atoms with E-state index in [1.54, 1.807) is 0 Å². The molecule has 0 aromatic heterocycles. The van der Waals surface area contributed by atoms with E-state index < -0.39 is 0 Å². The number of anilines is 1. The van der Waals surface area contributed by atoms with Crippen LogP contribution >= 0.6 is 0 Å². The van der Waals surface area contributed by atoms with E-state index in [1.165, 1.54) is 5.69 Å². The molecule has 1 saturated heterocycles. The maximum absolute atomic E-state index is 5.90. The molecule has 1 aliphatic heterocycles. The van der Waals surface area contributed by atoms with Crippen LogP contribution in [0.1, 0.15) is 11.6 Å². The standard InChI is InChI=1S/C13H22N4/c1-16-6-8-17(9-7-16)12-4-2-11(3-5-12)13(15)10-14/h2-5,13H,6-10,14-15H2,1H3. The smallest absolute Gasteiger partial charge is 0.0419 e. The molecule has 0 bridgehead atoms. The number of nitrogens with two attached hydrogens (primary N) is 2. The van der Waals surface area contributed by atoms with Crippen LogP contribution in [-0.4, -0.2) is 44.7 Å². The lowest BCUT2D eigenvalue weighted by Crippen LogP contribution is -2.44. The first-order valence-electron chi connectivity index (χ1n) is 6.20. The van der Waals surface area contributed by atoms with Crippen LogP contribution in [0.2, 0.25) is 0 Å². The summed E-state index contributed by atoms with van der Waals surface area (Å²) in [5, 5.41) is 0. The van der Waals surface area contributed by atoms with Gasteiger partial charge < -0.3 is 21.3 Å². The highest BCUT2D eigenvalue weighted by Gasteiger charge is 2.14. The predicted octanol–water partition coefficient (Wildman–Crippen LogP) is 0.397. The number of rotatable bonds is 3. The predicted molar refractivity (Wildman–Crippen MR) is 72.1 cm³/mol. The summed E-state index contributed by atoms with van der Waals surface area (Å²) in [5.74, 6) is 0. The SMILES string of the molecule is CN1CCN(c2ccc(C(N)CN)cc2)CC1. The van der Waals surface area contributed by atoms with Gasteiger partial charge in [-0.2, -0.15) is 0 Å². The summed E-state index contributed by atoms with van der Waals surface area (Å²) in [6, 6.07) is 8.43. The molecule has 1 heterocycles. The molecule has 1 unspecified atom stereocenters. The molecule has 0 saturated carbocycles. The molecule has 4 N–H and O–H groups in total. The van der Waals surface area contributed by atoms with Crippen LogP contribution < -0.4 is 16.4 Å². The Morgan fingerprint density at radius 2 is 1.71 bits per heavy atom. The van der Waals surface area contributed by atoms with Crippen molar-refractivity contribution in [3.63, 3.8) is 0 Å². The summed E-state index contributed by atoms with van der Waals surface area (Å²) in [7, 11) is 2.17. The highest BCUT2D eigenvalue weighted by atomic mass is 15.2. The van der Waals surface area contributed by atoms with Crippen molar-refractivity contribution in [2.75, 3.05) is 44.7 Å². The van der Waals surface area contributed by atoms with Crippen LogP contribution in [0.25, 0.3) is 0 Å². The fraction of sp³-hybridized carbons (Fsp3) is 0.538. The van der Waals surface area contributed by atoms with Gasteiger partial charge in [0.25, 0.3) is 0 Å². The van der Waals surface area contributed by atoms with Crippen molar-refractivity contribution in [2.24, 2.45) is 11.5 Å². The van der Waals surface area contributed by atoms with Crippen molar-refractivity contribution in [1.29, 1.82) is 0 Å². The van der Waals surface area contributed by atoms with Gasteiger partial charge in [0, 0.05) is 44.5 Å². The lowest BCUT2D eigenvalue weighted by Gasteiger charge is -2.34. The Morgan fingerprint density at radius 1 is 1.12 bits per heavy atom. The highest BCUT2D eigenvalue weighted by molar-refractivity contribution is 5.48. The van der Waals surface area contributed by atoms with Gasteiger partial charge in [-0.1, -0.05) is 12.1 Å². The van der Waals surface area contributed by atoms with E-state index in [9.17, 15) is 0 Å². The number of likely N-dealkylation sites (N-methyl/N-ethyl adjacent to an activating group) is 1. The van der Waals surface area contributed by atoms with Gasteiger partial charge in [0.2, 0.25) is 0 Å². The normalized spacial score (nSPS) is 19.4. The lowest BCUT2D eigenvalue weighted by atomic mass is 10.1. The van der Waals surface area contributed by atoms with Crippen molar-refractivity contribution in [3.8, 4) is 0 Å². The van der Waals surface area contributed by atoms with Gasteiger partial charge >= 0.3 is 0 Å². The Balaban J connectivity index is 2.02. The second-order valence-electron chi connectivity index (χ2n) is 4.72. The topological polar surface area (TPSA) is 58.5 Å². The largest absolute Gasteiger partial charge is 0.369 e. The minimum atomic E-state index is -0.0449. The molecule has 0 spiro atoms. The average molecular weight is 234 g/mol. The monoisotopic (exact) mass is 234 g/mol. The third-order valence-corrected chi connectivity index (χ3v) is 3.44. The van der Waals surface area contributed by atoms with Gasteiger partial charge in [0.15, 0.2) is 0 Å². The number of nitrogens with zero attached hydrogens (tertiary/aromatic N) is 2. The zero-order valence-electron chi connectivity index (χ0n) is 10.5. The van der Waals surface area contributed by atoms with Crippen molar-refractivity contribution < 1.29 is 0 Å². The van der Waals surface area contributed by atoms with Crippen molar-refractivity contribution in [2.45, 2.75) is 6.04 Å². The van der Waals surface area contributed by atoms with Gasteiger partial charge in [-0.25, -0.2) is 0 Å². The Kier molecular flexibility index (Phi) is 3.99. The molecular formula is C13H22N4. The molecule has 1 aliphatic rings. The Labute approximate surface area is 103 Å². The summed E-state index contributed by atoms with van der Waals surface area (Å²) in [6.07, 6.45) is 0. The van der Waals surface area contributed by atoms with Crippen LogP contribution in [0.15, 0.2) is 24.3 Å². The third-order valence-electron chi connectivity index (χ3n) is 3.44.